The van der Waals surface area contributed by atoms with Crippen molar-refractivity contribution >= 4 is 33.0 Å². The molecule has 33 heavy (non-hydrogen) atoms. The molecule has 0 saturated heterocycles. The van der Waals surface area contributed by atoms with Crippen LogP contribution in [0.1, 0.15) is 22.5 Å². The molecule has 0 bridgehead atoms. The minimum atomic E-state index is -3.33. The maximum atomic E-state index is 13.6. The first-order valence-electron chi connectivity index (χ1n) is 10.4. The summed E-state index contributed by atoms with van der Waals surface area (Å²) >= 11 is 6.18. The summed E-state index contributed by atoms with van der Waals surface area (Å²) < 4.78 is 31.1. The number of carbonyl (C=O) groups excluding carboxylic acids is 1. The van der Waals surface area contributed by atoms with Gasteiger partial charge < -0.3 is 9.32 Å². The molecule has 7 nitrogen and oxygen atoms in total. The Labute approximate surface area is 196 Å². The molecule has 0 aliphatic carbocycles. The van der Waals surface area contributed by atoms with E-state index in [1.165, 1.54) is 6.26 Å². The molecule has 0 radical (unpaired) electrons. The van der Waals surface area contributed by atoms with Gasteiger partial charge in [-0.15, -0.1) is 0 Å². The number of hydrogen-bond acceptors (Lipinski definition) is 5. The van der Waals surface area contributed by atoms with Crippen LogP contribution in [0.2, 0.25) is 5.02 Å². The fourth-order valence-electron chi connectivity index (χ4n) is 4.04. The number of fused-ring (bicyclic) bond motifs is 1. The van der Waals surface area contributed by atoms with Gasteiger partial charge in [-0.3, -0.25) is 4.79 Å². The zero-order valence-electron chi connectivity index (χ0n) is 17.7. The fourth-order valence-corrected chi connectivity index (χ4v) is 4.90. The first kappa shape index (κ1) is 21.5. The van der Waals surface area contributed by atoms with Crippen molar-refractivity contribution in [3.05, 3.63) is 83.2 Å². The molecule has 0 fully saturated rings. The van der Waals surface area contributed by atoms with E-state index in [9.17, 15) is 13.2 Å². The molecule has 0 N–H and O–H groups in total. The number of furan rings is 1. The number of halogens is 1. The van der Waals surface area contributed by atoms with Gasteiger partial charge in [0, 0.05) is 29.6 Å². The third-order valence-corrected chi connectivity index (χ3v) is 6.94. The molecule has 2 aromatic heterocycles. The third-order valence-electron chi connectivity index (χ3n) is 5.60. The maximum absolute atomic E-state index is 13.6. The summed E-state index contributed by atoms with van der Waals surface area (Å²) in [7, 11) is -3.33. The summed E-state index contributed by atoms with van der Waals surface area (Å²) in [6.45, 7) is 0.518. The summed E-state index contributed by atoms with van der Waals surface area (Å²) in [4.78, 5) is 15.5. The molecule has 0 atom stereocenters. The van der Waals surface area contributed by atoms with Crippen molar-refractivity contribution in [1.82, 2.24) is 9.78 Å². The van der Waals surface area contributed by atoms with Gasteiger partial charge in [0.15, 0.2) is 21.3 Å². The van der Waals surface area contributed by atoms with E-state index in [1.54, 1.807) is 64.4 Å². The van der Waals surface area contributed by atoms with Gasteiger partial charge in [-0.05, 0) is 66.9 Å². The van der Waals surface area contributed by atoms with E-state index in [2.05, 4.69) is 5.10 Å². The number of benzene rings is 2. The highest BCUT2D eigenvalue weighted by Crippen LogP contribution is 2.32. The number of amides is 1. The van der Waals surface area contributed by atoms with Gasteiger partial charge in [0.2, 0.25) is 0 Å². The Kier molecular flexibility index (Phi) is 5.34. The normalized spacial score (nSPS) is 13.7. The van der Waals surface area contributed by atoms with E-state index in [0.29, 0.717) is 40.8 Å². The van der Waals surface area contributed by atoms with Gasteiger partial charge in [-0.1, -0.05) is 17.7 Å². The van der Waals surface area contributed by atoms with Crippen LogP contribution in [0.25, 0.3) is 17.1 Å². The zero-order valence-corrected chi connectivity index (χ0v) is 19.3. The molecule has 2 aromatic carbocycles. The Hall–Kier alpha value is -3.36. The lowest BCUT2D eigenvalue weighted by Gasteiger charge is -2.29. The van der Waals surface area contributed by atoms with Gasteiger partial charge in [0.05, 0.1) is 16.8 Å². The number of rotatable bonds is 4. The topological polar surface area (TPSA) is 85.4 Å². The van der Waals surface area contributed by atoms with Crippen LogP contribution in [0, 0.1) is 0 Å². The second-order valence-electron chi connectivity index (χ2n) is 7.91. The minimum Gasteiger partial charge on any atom is -0.463 e. The number of aromatic nitrogens is 2. The smallest absolute Gasteiger partial charge is 0.278 e. The Balaban J connectivity index is 1.57. The summed E-state index contributed by atoms with van der Waals surface area (Å²) in [6.07, 6.45) is 4.18. The fraction of sp³-hybridized carbons (Fsp3) is 0.167. The number of nitrogens with zero attached hydrogens (tertiary/aromatic N) is 3. The first-order valence-corrected chi connectivity index (χ1v) is 12.6. The Morgan fingerprint density at radius 3 is 2.67 bits per heavy atom. The standard InChI is InChI=1S/C24H20ClN3O4S/c1-33(30,31)19-9-10-21-16(13-19)5-3-11-27(21)24(29)20-15-22(23-8-4-12-32-23)28(26-20)18-7-2-6-17(25)14-18/h2,4,6-10,12-15H,3,5,11H2,1H3. The zero-order chi connectivity index (χ0) is 23.2. The molecule has 0 unspecified atom stereocenters. The predicted molar refractivity (Wildman–Crippen MR) is 126 cm³/mol. The Morgan fingerprint density at radius 2 is 1.94 bits per heavy atom. The summed E-state index contributed by atoms with van der Waals surface area (Å²) in [5, 5.41) is 5.14. The largest absolute Gasteiger partial charge is 0.463 e. The number of anilines is 1. The van der Waals surface area contributed by atoms with Gasteiger partial charge in [0.1, 0.15) is 5.69 Å². The van der Waals surface area contributed by atoms with Crippen LogP contribution in [0.5, 0.6) is 0 Å². The van der Waals surface area contributed by atoms with Crippen LogP contribution >= 0.6 is 11.6 Å². The van der Waals surface area contributed by atoms with Gasteiger partial charge >= 0.3 is 0 Å². The van der Waals surface area contributed by atoms with Crippen molar-refractivity contribution in [1.29, 1.82) is 0 Å². The molecule has 168 valence electrons. The number of aryl methyl sites for hydroxylation is 1. The number of carbonyl (C=O) groups is 1. The SMILES string of the molecule is CS(=O)(=O)c1ccc2c(c1)CCCN2C(=O)c1cc(-c2ccco2)n(-c2cccc(Cl)c2)n1. The molecule has 3 heterocycles. The van der Waals surface area contributed by atoms with E-state index < -0.39 is 9.84 Å². The molecule has 9 heteroatoms. The van der Waals surface area contributed by atoms with Crippen molar-refractivity contribution in [3.63, 3.8) is 0 Å². The molecular formula is C24H20ClN3O4S. The molecular weight excluding hydrogens is 462 g/mol. The molecule has 4 aromatic rings. The number of sulfone groups is 1. The molecule has 1 aliphatic heterocycles. The maximum Gasteiger partial charge on any atom is 0.278 e. The van der Waals surface area contributed by atoms with Crippen LogP contribution in [-0.2, 0) is 16.3 Å². The van der Waals surface area contributed by atoms with E-state index in [1.807, 2.05) is 12.1 Å². The van der Waals surface area contributed by atoms with E-state index >= 15 is 0 Å². The molecule has 0 spiro atoms. The lowest BCUT2D eigenvalue weighted by molar-refractivity contribution is 0.0980. The second kappa shape index (κ2) is 8.20. The third kappa shape index (κ3) is 4.07. The molecule has 0 saturated carbocycles. The first-order chi connectivity index (χ1) is 15.8. The van der Waals surface area contributed by atoms with Crippen molar-refractivity contribution in [2.75, 3.05) is 17.7 Å². The van der Waals surface area contributed by atoms with Crippen LogP contribution < -0.4 is 4.90 Å². The van der Waals surface area contributed by atoms with Crippen molar-refractivity contribution in [2.45, 2.75) is 17.7 Å². The van der Waals surface area contributed by atoms with Crippen LogP contribution in [0.4, 0.5) is 5.69 Å². The highest BCUT2D eigenvalue weighted by molar-refractivity contribution is 7.90. The minimum absolute atomic E-state index is 0.251. The van der Waals surface area contributed by atoms with Gasteiger partial charge in [-0.25, -0.2) is 13.1 Å². The highest BCUT2D eigenvalue weighted by Gasteiger charge is 2.28. The van der Waals surface area contributed by atoms with E-state index in [-0.39, 0.29) is 16.5 Å². The van der Waals surface area contributed by atoms with E-state index in [4.69, 9.17) is 16.0 Å². The second-order valence-corrected chi connectivity index (χ2v) is 10.4. The molecule has 5 rings (SSSR count). The Bertz CT molecular complexity index is 1460. The quantitative estimate of drug-likeness (QED) is 0.418. The summed E-state index contributed by atoms with van der Waals surface area (Å²) in [5.74, 6) is 0.301. The van der Waals surface area contributed by atoms with Gasteiger partial charge in [-0.2, -0.15) is 5.10 Å². The van der Waals surface area contributed by atoms with Crippen molar-refractivity contribution in [3.8, 4) is 17.1 Å². The van der Waals surface area contributed by atoms with Gasteiger partial charge in [0.25, 0.3) is 5.91 Å². The highest BCUT2D eigenvalue weighted by atomic mass is 35.5. The number of hydrogen-bond donors (Lipinski definition) is 0. The van der Waals surface area contributed by atoms with Crippen molar-refractivity contribution in [2.24, 2.45) is 0 Å². The van der Waals surface area contributed by atoms with Crippen LogP contribution in [0.3, 0.4) is 0 Å². The molecule has 1 amide bonds. The Morgan fingerprint density at radius 1 is 1.09 bits per heavy atom. The average Bonchev–Trinajstić information content (AvgIpc) is 3.47. The van der Waals surface area contributed by atoms with Crippen LogP contribution in [0.15, 0.2) is 76.2 Å². The molecule has 1 aliphatic rings. The van der Waals surface area contributed by atoms with Crippen molar-refractivity contribution < 1.29 is 17.6 Å². The lowest BCUT2D eigenvalue weighted by Crippen LogP contribution is -2.35. The summed E-state index contributed by atoms with van der Waals surface area (Å²) in [6, 6.07) is 17.4. The summed E-state index contributed by atoms with van der Waals surface area (Å²) in [5.41, 5.74) is 3.11. The predicted octanol–water partition coefficient (Wildman–Crippen LogP) is 4.78. The van der Waals surface area contributed by atoms with E-state index in [0.717, 1.165) is 12.0 Å². The van der Waals surface area contributed by atoms with Crippen LogP contribution in [-0.4, -0.2) is 36.9 Å². The average molecular weight is 482 g/mol. The lowest BCUT2D eigenvalue weighted by atomic mass is 10.0. The monoisotopic (exact) mass is 481 g/mol.